The van der Waals surface area contributed by atoms with Crippen LogP contribution in [-0.4, -0.2) is 32.0 Å². The summed E-state index contributed by atoms with van der Waals surface area (Å²) < 4.78 is 11.0. The second kappa shape index (κ2) is 9.22. The van der Waals surface area contributed by atoms with Crippen LogP contribution in [0.4, 0.5) is 5.69 Å². The van der Waals surface area contributed by atoms with E-state index in [1.807, 2.05) is 37.3 Å². The topological polar surface area (TPSA) is 55.8 Å². The third kappa shape index (κ3) is 4.60. The van der Waals surface area contributed by atoms with Crippen molar-refractivity contribution in [3.05, 3.63) is 59.7 Å². The lowest BCUT2D eigenvalue weighted by Gasteiger charge is -2.16. The van der Waals surface area contributed by atoms with Gasteiger partial charge in [-0.05, 0) is 48.7 Å². The average molecular weight is 379 g/mol. The molecule has 1 saturated heterocycles. The SMILES string of the molecule is CCCOc1cc(/C=C/C(=O)c2cccc(N3CCCC3=O)c2)ccc1OC. The zero-order chi connectivity index (χ0) is 19.9. The third-order valence-electron chi connectivity index (χ3n) is 4.59. The zero-order valence-corrected chi connectivity index (χ0v) is 16.3. The van der Waals surface area contributed by atoms with E-state index in [-0.39, 0.29) is 11.7 Å². The highest BCUT2D eigenvalue weighted by molar-refractivity contribution is 6.08. The Balaban J connectivity index is 1.75. The summed E-state index contributed by atoms with van der Waals surface area (Å²) in [7, 11) is 1.60. The van der Waals surface area contributed by atoms with Crippen molar-refractivity contribution < 1.29 is 19.1 Å². The van der Waals surface area contributed by atoms with Gasteiger partial charge in [-0.15, -0.1) is 0 Å². The molecule has 0 bridgehead atoms. The summed E-state index contributed by atoms with van der Waals surface area (Å²) in [6.07, 6.45) is 5.62. The molecule has 28 heavy (non-hydrogen) atoms. The Bertz CT molecular complexity index is 888. The molecule has 0 saturated carbocycles. The molecular weight excluding hydrogens is 354 g/mol. The normalized spacial score (nSPS) is 13.9. The van der Waals surface area contributed by atoms with Gasteiger partial charge in [0, 0.05) is 24.2 Å². The molecule has 0 unspecified atom stereocenters. The molecule has 1 fully saturated rings. The van der Waals surface area contributed by atoms with Crippen molar-refractivity contribution in [1.29, 1.82) is 0 Å². The van der Waals surface area contributed by atoms with Crippen LogP contribution >= 0.6 is 0 Å². The maximum Gasteiger partial charge on any atom is 0.227 e. The van der Waals surface area contributed by atoms with Crippen molar-refractivity contribution >= 4 is 23.5 Å². The molecule has 0 aromatic heterocycles. The number of hydrogen-bond acceptors (Lipinski definition) is 4. The number of nitrogens with zero attached hydrogens (tertiary/aromatic N) is 1. The summed E-state index contributed by atoms with van der Waals surface area (Å²) in [5.41, 5.74) is 2.19. The molecule has 2 aromatic carbocycles. The average Bonchev–Trinajstić information content (AvgIpc) is 3.16. The lowest BCUT2D eigenvalue weighted by molar-refractivity contribution is -0.117. The van der Waals surface area contributed by atoms with E-state index < -0.39 is 0 Å². The molecule has 1 heterocycles. The van der Waals surface area contributed by atoms with Crippen LogP contribution in [0, 0.1) is 0 Å². The van der Waals surface area contributed by atoms with Crippen molar-refractivity contribution in [1.82, 2.24) is 0 Å². The predicted octanol–water partition coefficient (Wildman–Crippen LogP) is 4.51. The van der Waals surface area contributed by atoms with E-state index in [2.05, 4.69) is 0 Å². The lowest BCUT2D eigenvalue weighted by Crippen LogP contribution is -2.23. The second-order valence-corrected chi connectivity index (χ2v) is 6.66. The smallest absolute Gasteiger partial charge is 0.227 e. The molecule has 0 atom stereocenters. The number of carbonyl (C=O) groups is 2. The Morgan fingerprint density at radius 2 is 2.04 bits per heavy atom. The minimum Gasteiger partial charge on any atom is -0.493 e. The van der Waals surface area contributed by atoms with Crippen LogP contribution in [0.15, 0.2) is 48.5 Å². The molecule has 0 radical (unpaired) electrons. The number of amides is 1. The molecule has 5 nitrogen and oxygen atoms in total. The maximum atomic E-state index is 12.6. The van der Waals surface area contributed by atoms with Gasteiger partial charge in [-0.2, -0.15) is 0 Å². The minimum atomic E-state index is -0.111. The van der Waals surface area contributed by atoms with E-state index >= 15 is 0 Å². The van der Waals surface area contributed by atoms with Crippen molar-refractivity contribution in [2.45, 2.75) is 26.2 Å². The van der Waals surface area contributed by atoms with E-state index in [0.717, 1.165) is 24.1 Å². The molecule has 1 amide bonds. The first-order valence-corrected chi connectivity index (χ1v) is 9.56. The van der Waals surface area contributed by atoms with Gasteiger partial charge in [0.2, 0.25) is 5.91 Å². The number of benzene rings is 2. The highest BCUT2D eigenvalue weighted by Gasteiger charge is 2.22. The first-order valence-electron chi connectivity index (χ1n) is 9.56. The van der Waals surface area contributed by atoms with Crippen molar-refractivity contribution in [3.63, 3.8) is 0 Å². The summed E-state index contributed by atoms with van der Waals surface area (Å²) in [6, 6.07) is 12.8. The van der Waals surface area contributed by atoms with Crippen LogP contribution in [-0.2, 0) is 4.79 Å². The number of anilines is 1. The summed E-state index contributed by atoms with van der Waals surface area (Å²) >= 11 is 0. The Morgan fingerprint density at radius 3 is 2.75 bits per heavy atom. The largest absolute Gasteiger partial charge is 0.493 e. The molecule has 2 aromatic rings. The number of allylic oxidation sites excluding steroid dienone is 1. The van der Waals surface area contributed by atoms with Gasteiger partial charge < -0.3 is 14.4 Å². The first kappa shape index (κ1) is 19.7. The van der Waals surface area contributed by atoms with Gasteiger partial charge in [-0.1, -0.05) is 31.2 Å². The van der Waals surface area contributed by atoms with Gasteiger partial charge in [-0.25, -0.2) is 0 Å². The molecule has 0 N–H and O–H groups in total. The number of ketones is 1. The van der Waals surface area contributed by atoms with Crippen molar-refractivity contribution in [2.75, 3.05) is 25.2 Å². The van der Waals surface area contributed by atoms with Crippen molar-refractivity contribution in [3.8, 4) is 11.5 Å². The van der Waals surface area contributed by atoms with Crippen LogP contribution in [0.3, 0.4) is 0 Å². The van der Waals surface area contributed by atoms with E-state index in [4.69, 9.17) is 9.47 Å². The molecule has 5 heteroatoms. The van der Waals surface area contributed by atoms with Crippen LogP contribution in [0.2, 0.25) is 0 Å². The van der Waals surface area contributed by atoms with E-state index in [1.54, 1.807) is 30.2 Å². The second-order valence-electron chi connectivity index (χ2n) is 6.66. The van der Waals surface area contributed by atoms with Gasteiger partial charge >= 0.3 is 0 Å². The van der Waals surface area contributed by atoms with Gasteiger partial charge in [0.05, 0.1) is 13.7 Å². The number of rotatable bonds is 8. The fourth-order valence-electron chi connectivity index (χ4n) is 3.14. The minimum absolute atomic E-state index is 0.109. The standard InChI is InChI=1S/C23H25NO4/c1-3-14-28-22-15-17(10-12-21(22)27-2)9-11-20(25)18-6-4-7-19(16-18)24-13-5-8-23(24)26/h4,6-7,9-12,15-16H,3,5,8,13-14H2,1-2H3/b11-9+. The predicted molar refractivity (Wildman–Crippen MR) is 110 cm³/mol. The molecule has 0 spiro atoms. The van der Waals surface area contributed by atoms with E-state index in [0.29, 0.717) is 36.6 Å². The first-order chi connectivity index (χ1) is 13.6. The fourth-order valence-corrected chi connectivity index (χ4v) is 3.14. The lowest BCUT2D eigenvalue weighted by atomic mass is 10.1. The summed E-state index contributed by atoms with van der Waals surface area (Å²) in [5.74, 6) is 1.33. The van der Waals surface area contributed by atoms with Crippen LogP contribution in [0.5, 0.6) is 11.5 Å². The summed E-state index contributed by atoms with van der Waals surface area (Å²) in [4.78, 5) is 26.3. The molecule has 1 aliphatic rings. The third-order valence-corrected chi connectivity index (χ3v) is 4.59. The molecule has 1 aliphatic heterocycles. The number of hydrogen-bond donors (Lipinski definition) is 0. The highest BCUT2D eigenvalue weighted by Crippen LogP contribution is 2.29. The summed E-state index contributed by atoms with van der Waals surface area (Å²) in [6.45, 7) is 3.35. The molecule has 3 rings (SSSR count). The van der Waals surface area contributed by atoms with Crippen LogP contribution in [0.25, 0.3) is 6.08 Å². The molecule has 146 valence electrons. The van der Waals surface area contributed by atoms with Crippen LogP contribution < -0.4 is 14.4 Å². The number of ether oxygens (including phenoxy) is 2. The number of methoxy groups -OCH3 is 1. The van der Waals surface area contributed by atoms with Crippen LogP contribution in [0.1, 0.15) is 42.1 Å². The van der Waals surface area contributed by atoms with E-state index in [1.165, 1.54) is 6.08 Å². The molecular formula is C23H25NO4. The van der Waals surface area contributed by atoms with E-state index in [9.17, 15) is 9.59 Å². The Morgan fingerprint density at radius 1 is 1.18 bits per heavy atom. The number of carbonyl (C=O) groups excluding carboxylic acids is 2. The van der Waals surface area contributed by atoms with Gasteiger partial charge in [0.25, 0.3) is 0 Å². The Kier molecular flexibility index (Phi) is 6.48. The Hall–Kier alpha value is -3.08. The Labute approximate surface area is 165 Å². The zero-order valence-electron chi connectivity index (χ0n) is 16.3. The van der Waals surface area contributed by atoms with Gasteiger partial charge in [0.1, 0.15) is 0 Å². The highest BCUT2D eigenvalue weighted by atomic mass is 16.5. The quantitative estimate of drug-likeness (QED) is 0.500. The van der Waals surface area contributed by atoms with Gasteiger partial charge in [-0.3, -0.25) is 9.59 Å². The monoisotopic (exact) mass is 379 g/mol. The molecule has 0 aliphatic carbocycles. The van der Waals surface area contributed by atoms with Crippen molar-refractivity contribution in [2.24, 2.45) is 0 Å². The van der Waals surface area contributed by atoms with Gasteiger partial charge in [0.15, 0.2) is 17.3 Å². The fraction of sp³-hybridized carbons (Fsp3) is 0.304. The summed E-state index contributed by atoms with van der Waals surface area (Å²) in [5, 5.41) is 0. The maximum absolute atomic E-state index is 12.6.